The summed E-state index contributed by atoms with van der Waals surface area (Å²) in [6, 6.07) is 0. The van der Waals surface area contributed by atoms with E-state index in [0.717, 1.165) is 12.8 Å². The molecular formula is C14H28N2O3. The molecule has 1 aliphatic heterocycles. The quantitative estimate of drug-likeness (QED) is 0.774. The predicted molar refractivity (Wildman–Crippen MR) is 74.7 cm³/mol. The van der Waals surface area contributed by atoms with Gasteiger partial charge in [-0.25, -0.2) is 0 Å². The van der Waals surface area contributed by atoms with Gasteiger partial charge in [-0.3, -0.25) is 4.79 Å². The highest BCUT2D eigenvalue weighted by Gasteiger charge is 2.42. The number of ether oxygens (including phenoxy) is 1. The van der Waals surface area contributed by atoms with Crippen LogP contribution in [0.1, 0.15) is 40.5 Å². The Morgan fingerprint density at radius 1 is 1.47 bits per heavy atom. The van der Waals surface area contributed by atoms with E-state index in [0.29, 0.717) is 19.6 Å². The monoisotopic (exact) mass is 272 g/mol. The lowest BCUT2D eigenvalue weighted by Crippen LogP contribution is -2.59. The zero-order chi connectivity index (χ0) is 14.7. The van der Waals surface area contributed by atoms with Crippen molar-refractivity contribution in [2.24, 2.45) is 11.1 Å². The molecule has 5 heteroatoms. The van der Waals surface area contributed by atoms with Crippen molar-refractivity contribution in [1.29, 1.82) is 0 Å². The minimum Gasteiger partial charge on any atom is -0.394 e. The van der Waals surface area contributed by atoms with Crippen LogP contribution in [0.5, 0.6) is 0 Å². The molecule has 112 valence electrons. The van der Waals surface area contributed by atoms with Gasteiger partial charge in [-0.2, -0.15) is 0 Å². The summed E-state index contributed by atoms with van der Waals surface area (Å²) in [7, 11) is 0. The number of hydrogen-bond donors (Lipinski definition) is 2. The Balaban J connectivity index is 2.91. The molecule has 1 unspecified atom stereocenters. The zero-order valence-electron chi connectivity index (χ0n) is 12.6. The van der Waals surface area contributed by atoms with Gasteiger partial charge in [0.15, 0.2) is 0 Å². The van der Waals surface area contributed by atoms with E-state index in [4.69, 9.17) is 10.5 Å². The Hall–Kier alpha value is -0.650. The number of hydrogen-bond acceptors (Lipinski definition) is 4. The van der Waals surface area contributed by atoms with Gasteiger partial charge in [0, 0.05) is 19.6 Å². The smallest absolute Gasteiger partial charge is 0.230 e. The lowest BCUT2D eigenvalue weighted by atomic mass is 9.80. The third kappa shape index (κ3) is 3.46. The van der Waals surface area contributed by atoms with Crippen molar-refractivity contribution < 1.29 is 14.6 Å². The molecule has 3 N–H and O–H groups in total. The summed E-state index contributed by atoms with van der Waals surface area (Å²) in [4.78, 5) is 14.6. The van der Waals surface area contributed by atoms with E-state index in [-0.39, 0.29) is 18.6 Å². The first kappa shape index (κ1) is 16.4. The third-order valence-corrected chi connectivity index (χ3v) is 4.17. The van der Waals surface area contributed by atoms with Crippen molar-refractivity contribution in [1.82, 2.24) is 4.90 Å². The van der Waals surface area contributed by atoms with Gasteiger partial charge >= 0.3 is 0 Å². The van der Waals surface area contributed by atoms with E-state index in [1.54, 1.807) is 0 Å². The maximum atomic E-state index is 12.8. The van der Waals surface area contributed by atoms with Gasteiger partial charge in [0.2, 0.25) is 5.91 Å². The maximum Gasteiger partial charge on any atom is 0.230 e. The fourth-order valence-electron chi connectivity index (χ4n) is 2.81. The maximum absolute atomic E-state index is 12.8. The minimum atomic E-state index is -0.479. The fraction of sp³-hybridized carbons (Fsp3) is 0.929. The van der Waals surface area contributed by atoms with Gasteiger partial charge in [0.05, 0.1) is 23.7 Å². The minimum absolute atomic E-state index is 0.0684. The van der Waals surface area contributed by atoms with Crippen LogP contribution < -0.4 is 5.73 Å². The molecular weight excluding hydrogens is 244 g/mol. The van der Waals surface area contributed by atoms with Crippen molar-refractivity contribution in [2.75, 3.05) is 26.2 Å². The van der Waals surface area contributed by atoms with E-state index in [1.165, 1.54) is 0 Å². The van der Waals surface area contributed by atoms with Gasteiger partial charge in [-0.15, -0.1) is 0 Å². The van der Waals surface area contributed by atoms with Gasteiger partial charge in [-0.05, 0) is 26.7 Å². The number of carbonyl (C=O) groups is 1. The number of carbonyl (C=O) groups excluding carboxylic acids is 1. The number of rotatable bonds is 5. The lowest BCUT2D eigenvalue weighted by molar-refractivity contribution is -0.174. The molecule has 0 aliphatic carbocycles. The normalized spacial score (nSPS) is 23.5. The average molecular weight is 272 g/mol. The van der Waals surface area contributed by atoms with Crippen LogP contribution >= 0.6 is 0 Å². The molecule has 0 radical (unpaired) electrons. The standard InChI is InChI=1S/C14H28N2O3/c1-5-14(6-2,9-15)12(18)16-7-11(8-17)19-13(3,4)10-16/h11,17H,5-10,15H2,1-4H3. The molecule has 1 fully saturated rings. The number of amides is 1. The highest BCUT2D eigenvalue weighted by Crippen LogP contribution is 2.31. The number of morpholine rings is 1. The van der Waals surface area contributed by atoms with Crippen LogP contribution in [0.4, 0.5) is 0 Å². The third-order valence-electron chi connectivity index (χ3n) is 4.17. The highest BCUT2D eigenvalue weighted by atomic mass is 16.5. The summed E-state index contributed by atoms with van der Waals surface area (Å²) in [6.07, 6.45) is 1.16. The van der Waals surface area contributed by atoms with Crippen molar-refractivity contribution in [3.05, 3.63) is 0 Å². The van der Waals surface area contributed by atoms with Crippen LogP contribution in [0.3, 0.4) is 0 Å². The van der Waals surface area contributed by atoms with Crippen molar-refractivity contribution in [3.8, 4) is 0 Å². The van der Waals surface area contributed by atoms with Crippen LogP contribution in [-0.2, 0) is 9.53 Å². The first-order chi connectivity index (χ1) is 8.84. The Kier molecular flexibility index (Phi) is 5.35. The SMILES string of the molecule is CCC(CC)(CN)C(=O)N1CC(CO)OC(C)(C)C1. The Bertz CT molecular complexity index is 306. The summed E-state index contributed by atoms with van der Waals surface area (Å²) in [5, 5.41) is 9.31. The van der Waals surface area contributed by atoms with Gasteiger partial charge in [-0.1, -0.05) is 13.8 Å². The Morgan fingerprint density at radius 2 is 2.05 bits per heavy atom. The van der Waals surface area contributed by atoms with E-state index >= 15 is 0 Å². The molecule has 0 spiro atoms. The van der Waals surface area contributed by atoms with E-state index in [1.807, 2.05) is 32.6 Å². The highest BCUT2D eigenvalue weighted by molar-refractivity contribution is 5.83. The molecule has 19 heavy (non-hydrogen) atoms. The van der Waals surface area contributed by atoms with Gasteiger partial charge in [0.25, 0.3) is 0 Å². The van der Waals surface area contributed by atoms with Crippen LogP contribution in [0.25, 0.3) is 0 Å². The summed E-state index contributed by atoms with van der Waals surface area (Å²) < 4.78 is 5.74. The first-order valence-electron chi connectivity index (χ1n) is 7.12. The van der Waals surface area contributed by atoms with Crippen LogP contribution in [0.15, 0.2) is 0 Å². The number of nitrogens with zero attached hydrogens (tertiary/aromatic N) is 1. The number of aliphatic hydroxyl groups is 1. The Morgan fingerprint density at radius 3 is 2.47 bits per heavy atom. The summed E-state index contributed by atoms with van der Waals surface area (Å²) in [5.74, 6) is 0.0924. The molecule has 0 aromatic heterocycles. The molecule has 1 rings (SSSR count). The van der Waals surface area contributed by atoms with Crippen LogP contribution in [0, 0.1) is 5.41 Å². The lowest BCUT2D eigenvalue weighted by Gasteiger charge is -2.45. The fourth-order valence-corrected chi connectivity index (χ4v) is 2.81. The second-order valence-corrected chi connectivity index (χ2v) is 6.06. The van der Waals surface area contributed by atoms with E-state index < -0.39 is 11.0 Å². The van der Waals surface area contributed by atoms with E-state index in [2.05, 4.69) is 0 Å². The van der Waals surface area contributed by atoms with Gasteiger partial charge in [0.1, 0.15) is 0 Å². The summed E-state index contributed by atoms with van der Waals surface area (Å²) >= 11 is 0. The molecule has 5 nitrogen and oxygen atoms in total. The zero-order valence-corrected chi connectivity index (χ0v) is 12.6. The average Bonchev–Trinajstić information content (AvgIpc) is 2.39. The molecule has 1 aliphatic rings. The molecule has 1 amide bonds. The molecule has 0 aromatic rings. The predicted octanol–water partition coefficient (Wildman–Crippen LogP) is 0.750. The number of aliphatic hydroxyl groups excluding tert-OH is 1. The molecule has 0 aromatic carbocycles. The largest absolute Gasteiger partial charge is 0.394 e. The Labute approximate surface area is 116 Å². The first-order valence-corrected chi connectivity index (χ1v) is 7.12. The molecule has 1 heterocycles. The molecule has 0 saturated carbocycles. The molecule has 1 saturated heterocycles. The van der Waals surface area contributed by atoms with Crippen LogP contribution in [0.2, 0.25) is 0 Å². The molecule has 1 atom stereocenters. The molecule has 0 bridgehead atoms. The topological polar surface area (TPSA) is 75.8 Å². The second kappa shape index (κ2) is 6.20. The number of nitrogens with two attached hydrogens (primary N) is 1. The second-order valence-electron chi connectivity index (χ2n) is 6.06. The summed E-state index contributed by atoms with van der Waals surface area (Å²) in [6.45, 7) is 9.17. The van der Waals surface area contributed by atoms with Crippen LogP contribution in [-0.4, -0.2) is 53.9 Å². The van der Waals surface area contributed by atoms with Crippen molar-refractivity contribution >= 4 is 5.91 Å². The summed E-state index contributed by atoms with van der Waals surface area (Å²) in [5.41, 5.74) is 4.94. The van der Waals surface area contributed by atoms with Crippen molar-refractivity contribution in [3.63, 3.8) is 0 Å². The van der Waals surface area contributed by atoms with Crippen molar-refractivity contribution in [2.45, 2.75) is 52.2 Å². The van der Waals surface area contributed by atoms with Gasteiger partial charge < -0.3 is 20.5 Å². The van der Waals surface area contributed by atoms with E-state index in [9.17, 15) is 9.90 Å².